The molecule has 0 aliphatic rings. The monoisotopic (exact) mass is 484 g/mol. The number of rotatable bonds is 8. The van der Waals surface area contributed by atoms with E-state index >= 15 is 0 Å². The zero-order valence-corrected chi connectivity index (χ0v) is 20.1. The van der Waals surface area contributed by atoms with Crippen molar-refractivity contribution < 1.29 is 31.9 Å². The summed E-state index contributed by atoms with van der Waals surface area (Å²) in [4.78, 5) is -0.154. The van der Waals surface area contributed by atoms with Crippen LogP contribution in [0.5, 0.6) is 23.0 Å². The fraction of sp³-hybridized carbons (Fsp3) is 0.208. The van der Waals surface area contributed by atoms with Crippen LogP contribution in [-0.2, 0) is 10.0 Å². The fourth-order valence-corrected chi connectivity index (χ4v) is 5.05. The van der Waals surface area contributed by atoms with Crippen molar-refractivity contribution in [2.75, 3.05) is 33.2 Å². The number of aromatic nitrogens is 1. The maximum absolute atomic E-state index is 13.3. The van der Waals surface area contributed by atoms with Gasteiger partial charge in [-0.05, 0) is 60.0 Å². The molecule has 0 saturated heterocycles. The largest absolute Gasteiger partial charge is 0.497 e. The maximum atomic E-state index is 13.3. The quantitative estimate of drug-likeness (QED) is 0.385. The Morgan fingerprint density at radius 2 is 1.47 bits per heavy atom. The first-order valence-corrected chi connectivity index (χ1v) is 11.7. The van der Waals surface area contributed by atoms with Crippen molar-refractivity contribution in [3.05, 3.63) is 54.1 Å². The fourth-order valence-electron chi connectivity index (χ4n) is 3.73. The molecule has 0 fully saturated rings. The lowest BCUT2D eigenvalue weighted by Crippen LogP contribution is -2.15. The van der Waals surface area contributed by atoms with Gasteiger partial charge in [0.15, 0.2) is 16.3 Å². The number of sulfonamides is 1. The van der Waals surface area contributed by atoms with E-state index in [1.807, 2.05) is 25.1 Å². The minimum absolute atomic E-state index is 0.0202. The molecule has 0 bridgehead atoms. The van der Waals surface area contributed by atoms with Gasteiger partial charge >= 0.3 is 0 Å². The number of aryl methyl sites for hydroxylation is 1. The number of benzene rings is 3. The van der Waals surface area contributed by atoms with Crippen LogP contribution in [0.25, 0.3) is 22.1 Å². The molecule has 1 aromatic heterocycles. The third-order valence-corrected chi connectivity index (χ3v) is 6.66. The van der Waals surface area contributed by atoms with Gasteiger partial charge in [0, 0.05) is 0 Å². The Morgan fingerprint density at radius 1 is 0.824 bits per heavy atom. The van der Waals surface area contributed by atoms with E-state index in [4.69, 9.17) is 23.5 Å². The zero-order chi connectivity index (χ0) is 24.5. The van der Waals surface area contributed by atoms with Crippen molar-refractivity contribution in [3.8, 4) is 34.1 Å². The topological polar surface area (TPSA) is 109 Å². The molecule has 0 amide bonds. The molecule has 1 heterocycles. The third-order valence-electron chi connectivity index (χ3n) is 5.26. The molecule has 0 unspecified atom stereocenters. The number of methoxy groups -OCH3 is 4. The van der Waals surface area contributed by atoms with Crippen LogP contribution in [0.2, 0.25) is 0 Å². The van der Waals surface area contributed by atoms with Gasteiger partial charge in [-0.25, -0.2) is 8.42 Å². The number of hydrogen-bond donors (Lipinski definition) is 1. The van der Waals surface area contributed by atoms with Crippen LogP contribution < -0.4 is 23.7 Å². The van der Waals surface area contributed by atoms with Crippen LogP contribution in [0.3, 0.4) is 0 Å². The molecule has 0 atom stereocenters. The van der Waals surface area contributed by atoms with Crippen LogP contribution in [0, 0.1) is 6.92 Å². The molecule has 10 heteroatoms. The molecule has 0 aliphatic carbocycles. The van der Waals surface area contributed by atoms with Crippen LogP contribution >= 0.6 is 0 Å². The Hall–Kier alpha value is -3.92. The van der Waals surface area contributed by atoms with Gasteiger partial charge in [0.05, 0.1) is 28.4 Å². The van der Waals surface area contributed by atoms with Crippen molar-refractivity contribution in [1.82, 2.24) is 5.16 Å². The van der Waals surface area contributed by atoms with Crippen molar-refractivity contribution >= 4 is 26.8 Å². The van der Waals surface area contributed by atoms with Crippen molar-refractivity contribution in [2.45, 2.75) is 11.8 Å². The third kappa shape index (κ3) is 4.19. The SMILES string of the molecule is COc1cc(C)cc(-c2cc(OC)c3c(NS(=O)(=O)c4c(OC)cccc4OC)noc3c2)c1. The summed E-state index contributed by atoms with van der Waals surface area (Å²) in [6.45, 7) is 1.97. The summed E-state index contributed by atoms with van der Waals surface area (Å²) >= 11 is 0. The van der Waals surface area contributed by atoms with Crippen molar-refractivity contribution in [2.24, 2.45) is 0 Å². The number of fused-ring (bicyclic) bond motifs is 1. The second kappa shape index (κ2) is 9.14. The molecular weight excluding hydrogens is 460 g/mol. The molecule has 3 aromatic carbocycles. The molecule has 0 spiro atoms. The predicted molar refractivity (Wildman–Crippen MR) is 128 cm³/mol. The molecule has 0 radical (unpaired) electrons. The summed E-state index contributed by atoms with van der Waals surface area (Å²) in [7, 11) is 1.70. The number of hydrogen-bond acceptors (Lipinski definition) is 8. The van der Waals surface area contributed by atoms with Gasteiger partial charge in [-0.15, -0.1) is 0 Å². The standard InChI is InChI=1S/C24H24N2O7S/c1-14-9-15(11-17(10-14)29-2)16-12-20(32-5)22-21(13-16)33-25-24(22)26-34(27,28)23-18(30-3)7-6-8-19(23)31-4/h6-13H,1-5H3,(H,25,26). The van der Waals surface area contributed by atoms with E-state index in [-0.39, 0.29) is 22.2 Å². The Balaban J connectivity index is 1.82. The lowest BCUT2D eigenvalue weighted by Gasteiger charge is -2.14. The number of ether oxygens (including phenoxy) is 4. The molecular formula is C24H24N2O7S. The van der Waals surface area contributed by atoms with Crippen LogP contribution in [0.4, 0.5) is 5.82 Å². The zero-order valence-electron chi connectivity index (χ0n) is 19.3. The highest BCUT2D eigenvalue weighted by molar-refractivity contribution is 7.93. The molecule has 4 aromatic rings. The van der Waals surface area contributed by atoms with E-state index < -0.39 is 10.0 Å². The average Bonchev–Trinajstić information content (AvgIpc) is 3.24. The molecule has 0 saturated carbocycles. The lowest BCUT2D eigenvalue weighted by atomic mass is 10.0. The number of nitrogens with zero attached hydrogens (tertiary/aromatic N) is 1. The van der Waals surface area contributed by atoms with E-state index in [9.17, 15) is 8.42 Å². The highest BCUT2D eigenvalue weighted by Crippen LogP contribution is 2.40. The summed E-state index contributed by atoms with van der Waals surface area (Å²) in [5, 5.41) is 4.34. The molecule has 4 rings (SSSR count). The second-order valence-electron chi connectivity index (χ2n) is 7.42. The lowest BCUT2D eigenvalue weighted by molar-refractivity contribution is 0.373. The van der Waals surface area contributed by atoms with Crippen LogP contribution in [-0.4, -0.2) is 42.0 Å². The minimum Gasteiger partial charge on any atom is -0.497 e. The van der Waals surface area contributed by atoms with Gasteiger partial charge in [0.2, 0.25) is 0 Å². The van der Waals surface area contributed by atoms with Gasteiger partial charge in [-0.1, -0.05) is 17.3 Å². The van der Waals surface area contributed by atoms with E-state index in [1.165, 1.54) is 33.5 Å². The first-order chi connectivity index (χ1) is 16.3. The van der Waals surface area contributed by atoms with Crippen LogP contribution in [0.1, 0.15) is 5.56 Å². The first kappa shape index (κ1) is 23.2. The summed E-state index contributed by atoms with van der Waals surface area (Å²) in [5.74, 6) is 1.34. The Morgan fingerprint density at radius 3 is 2.09 bits per heavy atom. The number of nitrogens with one attached hydrogen (secondary N) is 1. The summed E-state index contributed by atoms with van der Waals surface area (Å²) < 4.78 is 56.0. The number of anilines is 1. The Bertz CT molecular complexity index is 1440. The van der Waals surface area contributed by atoms with Gasteiger partial charge < -0.3 is 23.5 Å². The summed E-state index contributed by atoms with van der Waals surface area (Å²) in [6, 6.07) is 14.1. The van der Waals surface area contributed by atoms with Gasteiger partial charge in [0.1, 0.15) is 28.4 Å². The highest BCUT2D eigenvalue weighted by Gasteiger charge is 2.28. The predicted octanol–water partition coefficient (Wildman–Crippen LogP) is 4.64. The normalized spacial score (nSPS) is 11.3. The van der Waals surface area contributed by atoms with Crippen molar-refractivity contribution in [3.63, 3.8) is 0 Å². The molecule has 1 N–H and O–H groups in total. The average molecular weight is 485 g/mol. The Labute approximate surface area is 197 Å². The summed E-state index contributed by atoms with van der Waals surface area (Å²) in [5.41, 5.74) is 3.04. The molecule has 178 valence electrons. The van der Waals surface area contributed by atoms with Crippen LogP contribution in [0.15, 0.2) is 57.9 Å². The van der Waals surface area contributed by atoms with Gasteiger partial charge in [-0.3, -0.25) is 4.72 Å². The molecule has 34 heavy (non-hydrogen) atoms. The minimum atomic E-state index is -4.16. The molecule has 9 nitrogen and oxygen atoms in total. The van der Waals surface area contributed by atoms with E-state index in [0.717, 1.165) is 16.7 Å². The van der Waals surface area contributed by atoms with E-state index in [2.05, 4.69) is 9.88 Å². The van der Waals surface area contributed by atoms with E-state index in [1.54, 1.807) is 25.3 Å². The van der Waals surface area contributed by atoms with Gasteiger partial charge in [-0.2, -0.15) is 0 Å². The van der Waals surface area contributed by atoms with E-state index in [0.29, 0.717) is 22.5 Å². The smallest absolute Gasteiger partial charge is 0.270 e. The van der Waals surface area contributed by atoms with Crippen molar-refractivity contribution in [1.29, 1.82) is 0 Å². The molecule has 0 aliphatic heterocycles. The highest BCUT2D eigenvalue weighted by atomic mass is 32.2. The maximum Gasteiger partial charge on any atom is 0.270 e. The second-order valence-corrected chi connectivity index (χ2v) is 9.04. The first-order valence-electron chi connectivity index (χ1n) is 10.2. The summed E-state index contributed by atoms with van der Waals surface area (Å²) in [6.07, 6.45) is 0. The Kier molecular flexibility index (Phi) is 6.25. The van der Waals surface area contributed by atoms with Gasteiger partial charge in [0.25, 0.3) is 10.0 Å².